The Labute approximate surface area is 208 Å². The van der Waals surface area contributed by atoms with Gasteiger partial charge in [-0.3, -0.25) is 4.79 Å². The Morgan fingerprint density at radius 3 is 2.35 bits per heavy atom. The van der Waals surface area contributed by atoms with Crippen molar-refractivity contribution < 1.29 is 9.53 Å². The lowest BCUT2D eigenvalue weighted by molar-refractivity contribution is -0.132. The number of benzene rings is 2. The summed E-state index contributed by atoms with van der Waals surface area (Å²) in [6, 6.07) is 14.6. The van der Waals surface area contributed by atoms with Crippen LogP contribution in [0.5, 0.6) is 0 Å². The third kappa shape index (κ3) is 9.21. The number of carbonyl (C=O) groups is 1. The number of carbonyl (C=O) groups excluding carboxylic acids is 1. The lowest BCUT2D eigenvalue weighted by Gasteiger charge is -2.25. The predicted molar refractivity (Wildman–Crippen MR) is 147 cm³/mol. The molecule has 186 valence electrons. The zero-order valence-corrected chi connectivity index (χ0v) is 22.9. The van der Waals surface area contributed by atoms with E-state index >= 15 is 0 Å². The third-order valence-electron chi connectivity index (χ3n) is 5.64. The minimum atomic E-state index is -0.0455. The quantitative estimate of drug-likeness (QED) is 0.348. The molecule has 3 heteroatoms. The molecule has 0 saturated carbocycles. The Hall–Kier alpha value is -2.81. The Bertz CT molecular complexity index is 966. The molecule has 1 atom stereocenters. The van der Waals surface area contributed by atoms with Crippen LogP contribution in [0.3, 0.4) is 0 Å². The van der Waals surface area contributed by atoms with E-state index < -0.39 is 0 Å². The SMILES string of the molecule is C=C(O/C=C\C(C)CC)c1ccc(-c2ccccc2C)c(CN(C)C(=O)CC(C)(C)C)c1.CC. The summed E-state index contributed by atoms with van der Waals surface area (Å²) >= 11 is 0. The lowest BCUT2D eigenvalue weighted by atomic mass is 9.91. The summed E-state index contributed by atoms with van der Waals surface area (Å²) in [6.07, 6.45) is 5.35. The summed E-state index contributed by atoms with van der Waals surface area (Å²) in [7, 11) is 1.88. The molecular formula is C31H45NO2. The summed E-state index contributed by atoms with van der Waals surface area (Å²) in [5, 5.41) is 0. The van der Waals surface area contributed by atoms with Gasteiger partial charge in [0.2, 0.25) is 5.91 Å². The maximum absolute atomic E-state index is 12.8. The minimum absolute atomic E-state index is 0.0455. The molecule has 0 spiro atoms. The topological polar surface area (TPSA) is 29.5 Å². The maximum Gasteiger partial charge on any atom is 0.223 e. The fourth-order valence-corrected chi connectivity index (χ4v) is 3.43. The fourth-order valence-electron chi connectivity index (χ4n) is 3.43. The Morgan fingerprint density at radius 2 is 1.76 bits per heavy atom. The third-order valence-corrected chi connectivity index (χ3v) is 5.64. The second kappa shape index (κ2) is 13.8. The van der Waals surface area contributed by atoms with E-state index in [-0.39, 0.29) is 11.3 Å². The molecule has 3 nitrogen and oxygen atoms in total. The van der Waals surface area contributed by atoms with Crippen molar-refractivity contribution in [3.05, 3.63) is 78.1 Å². The van der Waals surface area contributed by atoms with Crippen LogP contribution >= 0.6 is 0 Å². The molecule has 34 heavy (non-hydrogen) atoms. The van der Waals surface area contributed by atoms with E-state index in [0.29, 0.717) is 24.6 Å². The number of rotatable bonds is 9. The molecule has 0 aromatic heterocycles. The van der Waals surface area contributed by atoms with Crippen LogP contribution in [0.25, 0.3) is 16.9 Å². The second-order valence-electron chi connectivity index (χ2n) is 9.93. The van der Waals surface area contributed by atoms with Gasteiger partial charge in [0, 0.05) is 25.6 Å². The van der Waals surface area contributed by atoms with Gasteiger partial charge in [-0.25, -0.2) is 0 Å². The van der Waals surface area contributed by atoms with Crippen LogP contribution in [0, 0.1) is 18.3 Å². The number of aryl methyl sites for hydroxylation is 1. The molecule has 0 bridgehead atoms. The van der Waals surface area contributed by atoms with Crippen molar-refractivity contribution in [1.82, 2.24) is 4.90 Å². The highest BCUT2D eigenvalue weighted by Gasteiger charge is 2.20. The van der Waals surface area contributed by atoms with Crippen molar-refractivity contribution in [1.29, 1.82) is 0 Å². The smallest absolute Gasteiger partial charge is 0.223 e. The highest BCUT2D eigenvalue weighted by Crippen LogP contribution is 2.31. The monoisotopic (exact) mass is 463 g/mol. The zero-order valence-electron chi connectivity index (χ0n) is 22.9. The highest BCUT2D eigenvalue weighted by atomic mass is 16.5. The van der Waals surface area contributed by atoms with Crippen LogP contribution in [0.15, 0.2) is 61.4 Å². The van der Waals surface area contributed by atoms with Gasteiger partial charge in [-0.05, 0) is 59.1 Å². The molecule has 0 saturated heterocycles. The predicted octanol–water partition coefficient (Wildman–Crippen LogP) is 8.63. The van der Waals surface area contributed by atoms with Gasteiger partial charge in [0.15, 0.2) is 0 Å². The van der Waals surface area contributed by atoms with Gasteiger partial charge in [-0.2, -0.15) is 0 Å². The number of allylic oxidation sites excluding steroid dienone is 1. The van der Waals surface area contributed by atoms with Crippen molar-refractivity contribution in [2.75, 3.05) is 7.05 Å². The van der Waals surface area contributed by atoms with Crippen LogP contribution in [-0.4, -0.2) is 17.9 Å². The van der Waals surface area contributed by atoms with E-state index in [1.165, 1.54) is 11.1 Å². The van der Waals surface area contributed by atoms with Gasteiger partial charge in [-0.15, -0.1) is 0 Å². The largest absolute Gasteiger partial charge is 0.465 e. The highest BCUT2D eigenvalue weighted by molar-refractivity contribution is 5.78. The van der Waals surface area contributed by atoms with Gasteiger partial charge >= 0.3 is 0 Å². The molecule has 0 aliphatic heterocycles. The number of ether oxygens (including phenoxy) is 1. The molecular weight excluding hydrogens is 418 g/mol. The standard InChI is InChI=1S/C29H39NO2.C2H6/c1-9-21(2)16-17-32-23(4)24-14-15-27(26-13-11-10-12-22(26)3)25(18-24)20-30(8)28(31)19-29(5,6)7;1-2/h10-18,21H,4,9,19-20H2,1-3,5-8H3;1-2H3/b17-16-;. The number of amides is 1. The van der Waals surface area contributed by atoms with Crippen LogP contribution < -0.4 is 0 Å². The van der Waals surface area contributed by atoms with E-state index in [1.807, 2.05) is 44.0 Å². The average molecular weight is 464 g/mol. The molecule has 0 aliphatic rings. The van der Waals surface area contributed by atoms with Crippen molar-refractivity contribution in [3.8, 4) is 11.1 Å². The molecule has 0 aliphatic carbocycles. The van der Waals surface area contributed by atoms with E-state index in [0.717, 1.165) is 23.1 Å². The van der Waals surface area contributed by atoms with Crippen molar-refractivity contribution >= 4 is 11.7 Å². The average Bonchev–Trinajstić information content (AvgIpc) is 2.79. The summed E-state index contributed by atoms with van der Waals surface area (Å²) in [5.41, 5.74) is 5.46. The minimum Gasteiger partial charge on any atom is -0.465 e. The van der Waals surface area contributed by atoms with Gasteiger partial charge in [0.1, 0.15) is 5.76 Å². The summed E-state index contributed by atoms with van der Waals surface area (Å²) in [6.45, 7) is 21.3. The van der Waals surface area contributed by atoms with Gasteiger partial charge in [0.25, 0.3) is 0 Å². The molecule has 0 heterocycles. The molecule has 0 fully saturated rings. The molecule has 2 rings (SSSR count). The number of hydrogen-bond donors (Lipinski definition) is 0. The van der Waals surface area contributed by atoms with Crippen LogP contribution in [0.4, 0.5) is 0 Å². The molecule has 1 amide bonds. The van der Waals surface area contributed by atoms with E-state index in [9.17, 15) is 4.79 Å². The summed E-state index contributed by atoms with van der Waals surface area (Å²) < 4.78 is 5.79. The molecule has 2 aromatic rings. The first kappa shape index (κ1) is 29.2. The van der Waals surface area contributed by atoms with Gasteiger partial charge in [0.05, 0.1) is 6.26 Å². The van der Waals surface area contributed by atoms with Gasteiger partial charge < -0.3 is 9.64 Å². The first-order chi connectivity index (χ1) is 16.0. The molecule has 1 unspecified atom stereocenters. The van der Waals surface area contributed by atoms with Crippen LogP contribution in [-0.2, 0) is 16.1 Å². The molecule has 2 aromatic carbocycles. The van der Waals surface area contributed by atoms with Crippen molar-refractivity contribution in [3.63, 3.8) is 0 Å². The van der Waals surface area contributed by atoms with E-state index in [1.54, 1.807) is 6.26 Å². The van der Waals surface area contributed by atoms with E-state index in [4.69, 9.17) is 4.74 Å². The van der Waals surface area contributed by atoms with Gasteiger partial charge in [-0.1, -0.05) is 91.4 Å². The maximum atomic E-state index is 12.8. The Kier molecular flexibility index (Phi) is 11.9. The van der Waals surface area contributed by atoms with Crippen molar-refractivity contribution in [2.45, 2.75) is 74.8 Å². The molecule has 0 radical (unpaired) electrons. The second-order valence-corrected chi connectivity index (χ2v) is 9.93. The molecule has 0 N–H and O–H groups in total. The van der Waals surface area contributed by atoms with Crippen LogP contribution in [0.1, 0.15) is 78.0 Å². The summed E-state index contributed by atoms with van der Waals surface area (Å²) in [5.74, 6) is 1.21. The normalized spacial score (nSPS) is 12.0. The first-order valence-electron chi connectivity index (χ1n) is 12.5. The fraction of sp³-hybridized carbons (Fsp3) is 0.452. The number of hydrogen-bond acceptors (Lipinski definition) is 2. The zero-order chi connectivity index (χ0) is 25.9. The lowest BCUT2D eigenvalue weighted by Crippen LogP contribution is -2.29. The van der Waals surface area contributed by atoms with E-state index in [2.05, 4.69) is 78.5 Å². The first-order valence-corrected chi connectivity index (χ1v) is 12.5. The Morgan fingerprint density at radius 1 is 1.12 bits per heavy atom. The Balaban J connectivity index is 0.00000281. The number of nitrogens with zero attached hydrogens (tertiary/aromatic N) is 1. The summed E-state index contributed by atoms with van der Waals surface area (Å²) in [4.78, 5) is 14.6. The van der Waals surface area contributed by atoms with Crippen LogP contribution in [0.2, 0.25) is 0 Å². The van der Waals surface area contributed by atoms with Crippen molar-refractivity contribution in [2.24, 2.45) is 11.3 Å².